The molecule has 0 spiro atoms. The number of benzene rings is 3. The molecule has 1 aromatic heterocycles. The summed E-state index contributed by atoms with van der Waals surface area (Å²) in [6.07, 6.45) is 1.89. The fourth-order valence-electron chi connectivity index (χ4n) is 4.39. The van der Waals surface area contributed by atoms with E-state index in [4.69, 9.17) is 4.74 Å². The predicted molar refractivity (Wildman–Crippen MR) is 143 cm³/mol. The highest BCUT2D eigenvalue weighted by atomic mass is 16.5. The van der Waals surface area contributed by atoms with E-state index in [1.807, 2.05) is 67.8 Å². The number of amides is 1. The van der Waals surface area contributed by atoms with Crippen LogP contribution in [-0.2, 0) is 7.05 Å². The molecule has 8 nitrogen and oxygen atoms in total. The Morgan fingerprint density at radius 1 is 0.861 bits per heavy atom. The number of piperazine rings is 1. The molecule has 1 saturated heterocycles. The van der Waals surface area contributed by atoms with E-state index < -0.39 is 0 Å². The lowest BCUT2D eigenvalue weighted by atomic mass is 10.0. The lowest BCUT2D eigenvalue weighted by Gasteiger charge is -2.34. The van der Waals surface area contributed by atoms with E-state index in [2.05, 4.69) is 44.6 Å². The third-order valence-electron chi connectivity index (χ3n) is 6.54. The van der Waals surface area contributed by atoms with Gasteiger partial charge in [0.15, 0.2) is 0 Å². The number of methoxy groups -OCH3 is 1. The van der Waals surface area contributed by atoms with Crippen molar-refractivity contribution in [1.82, 2.24) is 19.9 Å². The van der Waals surface area contributed by atoms with Crippen molar-refractivity contribution in [1.29, 1.82) is 0 Å². The first kappa shape index (κ1) is 23.6. The number of aromatic nitrogens is 3. The fraction of sp³-hybridized carbons (Fsp3) is 0.250. The van der Waals surface area contributed by atoms with Gasteiger partial charge in [-0.25, -0.2) is 0 Å². The Morgan fingerprint density at radius 2 is 1.50 bits per heavy atom. The average molecular weight is 483 g/mol. The summed E-state index contributed by atoms with van der Waals surface area (Å²) < 4.78 is 7.27. The second-order valence-corrected chi connectivity index (χ2v) is 9.06. The lowest BCUT2D eigenvalue weighted by Crippen LogP contribution is -2.44. The van der Waals surface area contributed by atoms with Crippen LogP contribution in [0.5, 0.6) is 5.75 Å². The number of likely N-dealkylation sites (N-methyl/N-ethyl adjacent to an activating group) is 1. The highest BCUT2D eigenvalue weighted by molar-refractivity contribution is 6.04. The minimum Gasteiger partial charge on any atom is -0.495 e. The second kappa shape index (κ2) is 10.2. The van der Waals surface area contributed by atoms with Gasteiger partial charge in [-0.2, -0.15) is 0 Å². The molecule has 1 N–H and O–H groups in total. The van der Waals surface area contributed by atoms with Gasteiger partial charge in [-0.05, 0) is 48.5 Å². The molecule has 3 aromatic carbocycles. The quantitative estimate of drug-likeness (QED) is 0.445. The van der Waals surface area contributed by atoms with Crippen molar-refractivity contribution in [3.63, 3.8) is 0 Å². The molecular formula is C28H30N6O2. The molecule has 8 heteroatoms. The summed E-state index contributed by atoms with van der Waals surface area (Å²) in [5, 5.41) is 11.2. The topological polar surface area (TPSA) is 75.5 Å². The zero-order valence-corrected chi connectivity index (χ0v) is 20.8. The van der Waals surface area contributed by atoms with E-state index >= 15 is 0 Å². The molecule has 0 aliphatic carbocycles. The van der Waals surface area contributed by atoms with Crippen LogP contribution in [0.15, 0.2) is 72.9 Å². The number of carbonyl (C=O) groups is 1. The zero-order chi connectivity index (χ0) is 25.1. The van der Waals surface area contributed by atoms with Gasteiger partial charge in [0.1, 0.15) is 11.4 Å². The maximum Gasteiger partial charge on any atom is 0.255 e. The van der Waals surface area contributed by atoms with Crippen LogP contribution in [-0.4, -0.2) is 66.1 Å². The van der Waals surface area contributed by atoms with E-state index in [1.165, 1.54) is 0 Å². The number of aryl methyl sites for hydroxylation is 1. The maximum atomic E-state index is 13.0. The first-order chi connectivity index (χ1) is 17.5. The summed E-state index contributed by atoms with van der Waals surface area (Å²) in [6.45, 7) is 3.83. The monoisotopic (exact) mass is 482 g/mol. The van der Waals surface area contributed by atoms with Crippen molar-refractivity contribution in [3.8, 4) is 28.1 Å². The molecule has 1 aliphatic heterocycles. The van der Waals surface area contributed by atoms with E-state index in [1.54, 1.807) is 11.8 Å². The van der Waals surface area contributed by atoms with Crippen molar-refractivity contribution in [2.75, 3.05) is 50.6 Å². The number of hydrogen-bond acceptors (Lipinski definition) is 6. The number of nitrogens with zero attached hydrogens (tertiary/aromatic N) is 5. The highest BCUT2D eigenvalue weighted by Gasteiger charge is 2.19. The van der Waals surface area contributed by atoms with Gasteiger partial charge in [-0.1, -0.05) is 41.6 Å². The molecule has 1 fully saturated rings. The van der Waals surface area contributed by atoms with Crippen LogP contribution in [0.1, 0.15) is 10.4 Å². The largest absolute Gasteiger partial charge is 0.495 e. The molecule has 184 valence electrons. The Hall–Kier alpha value is -4.17. The minimum absolute atomic E-state index is 0.144. The van der Waals surface area contributed by atoms with Crippen LogP contribution in [0.4, 0.5) is 11.4 Å². The van der Waals surface area contributed by atoms with Gasteiger partial charge in [0.25, 0.3) is 5.91 Å². The van der Waals surface area contributed by atoms with Crippen LogP contribution >= 0.6 is 0 Å². The van der Waals surface area contributed by atoms with Gasteiger partial charge < -0.3 is 19.9 Å². The van der Waals surface area contributed by atoms with Crippen LogP contribution in [0.2, 0.25) is 0 Å². The Balaban J connectivity index is 1.28. The van der Waals surface area contributed by atoms with Crippen molar-refractivity contribution in [3.05, 3.63) is 78.5 Å². The zero-order valence-electron chi connectivity index (χ0n) is 20.8. The number of nitrogens with one attached hydrogen (secondary N) is 1. The van der Waals surface area contributed by atoms with E-state index in [0.29, 0.717) is 5.56 Å². The summed E-state index contributed by atoms with van der Waals surface area (Å²) in [5.74, 6) is 0.668. The minimum atomic E-state index is -0.144. The van der Waals surface area contributed by atoms with Crippen molar-refractivity contribution in [2.45, 2.75) is 0 Å². The van der Waals surface area contributed by atoms with Gasteiger partial charge in [0.2, 0.25) is 0 Å². The predicted octanol–water partition coefficient (Wildman–Crippen LogP) is 4.16. The normalized spacial score (nSPS) is 14.0. The molecule has 5 rings (SSSR count). The Bertz CT molecular complexity index is 1340. The number of rotatable bonds is 6. The van der Waals surface area contributed by atoms with Gasteiger partial charge >= 0.3 is 0 Å². The van der Waals surface area contributed by atoms with Gasteiger partial charge in [-0.3, -0.25) is 9.48 Å². The average Bonchev–Trinajstić information content (AvgIpc) is 3.35. The summed E-state index contributed by atoms with van der Waals surface area (Å²) in [6, 6.07) is 21.6. The second-order valence-electron chi connectivity index (χ2n) is 9.06. The summed E-state index contributed by atoms with van der Waals surface area (Å²) >= 11 is 0. The molecule has 0 unspecified atom stereocenters. The Kier molecular flexibility index (Phi) is 6.69. The Labute approximate surface area is 211 Å². The van der Waals surface area contributed by atoms with Gasteiger partial charge in [0, 0.05) is 50.0 Å². The van der Waals surface area contributed by atoms with Gasteiger partial charge in [-0.15, -0.1) is 5.10 Å². The molecule has 36 heavy (non-hydrogen) atoms. The molecular weight excluding hydrogens is 452 g/mol. The summed E-state index contributed by atoms with van der Waals surface area (Å²) in [5.41, 5.74) is 6.32. The molecule has 4 aromatic rings. The summed E-state index contributed by atoms with van der Waals surface area (Å²) in [7, 11) is 5.66. The first-order valence-corrected chi connectivity index (χ1v) is 12.0. The number of carbonyl (C=O) groups excluding carboxylic acids is 1. The van der Waals surface area contributed by atoms with Crippen LogP contribution in [0.25, 0.3) is 22.4 Å². The standard InChI is InChI=1S/C28H30N6O2/c1-32-14-16-34(17-15-32)26-18-24(12-13-27(26)36-3)29-28(35)23-10-6-21(7-11-23)20-4-8-22(9-5-20)25-19-33(2)31-30-25/h4-13,18-19H,14-17H2,1-3H3,(H,29,35). The van der Waals surface area contributed by atoms with Crippen LogP contribution < -0.4 is 15.0 Å². The molecule has 1 aliphatic rings. The van der Waals surface area contributed by atoms with Crippen molar-refractivity contribution >= 4 is 17.3 Å². The van der Waals surface area contributed by atoms with E-state index in [-0.39, 0.29) is 5.91 Å². The molecule has 1 amide bonds. The lowest BCUT2D eigenvalue weighted by molar-refractivity contribution is 0.102. The van der Waals surface area contributed by atoms with Crippen LogP contribution in [0.3, 0.4) is 0 Å². The SMILES string of the molecule is COc1ccc(NC(=O)c2ccc(-c3ccc(-c4cn(C)nn4)cc3)cc2)cc1N1CCN(C)CC1. The van der Waals surface area contributed by atoms with Crippen molar-refractivity contribution in [2.24, 2.45) is 7.05 Å². The van der Waals surface area contributed by atoms with Crippen LogP contribution in [0, 0.1) is 0 Å². The first-order valence-electron chi connectivity index (χ1n) is 12.0. The molecule has 0 radical (unpaired) electrons. The third kappa shape index (κ3) is 5.08. The molecule has 0 saturated carbocycles. The van der Waals surface area contributed by atoms with Crippen molar-refractivity contribution < 1.29 is 9.53 Å². The summed E-state index contributed by atoms with van der Waals surface area (Å²) in [4.78, 5) is 17.6. The molecule has 0 bridgehead atoms. The van der Waals surface area contributed by atoms with Gasteiger partial charge in [0.05, 0.1) is 19.0 Å². The maximum absolute atomic E-state index is 13.0. The number of ether oxygens (including phenoxy) is 1. The Morgan fingerprint density at radius 3 is 2.11 bits per heavy atom. The molecule has 2 heterocycles. The molecule has 0 atom stereocenters. The van der Waals surface area contributed by atoms with E-state index in [9.17, 15) is 4.79 Å². The fourth-order valence-corrected chi connectivity index (χ4v) is 4.39. The number of hydrogen-bond donors (Lipinski definition) is 1. The highest BCUT2D eigenvalue weighted by Crippen LogP contribution is 2.32. The number of anilines is 2. The smallest absolute Gasteiger partial charge is 0.255 e. The van der Waals surface area contributed by atoms with E-state index in [0.717, 1.165) is 65.7 Å². The third-order valence-corrected chi connectivity index (χ3v) is 6.54.